The summed E-state index contributed by atoms with van der Waals surface area (Å²) in [6.07, 6.45) is 5.42. The standard InChI is InChI=1S/C21H23NO5/c1-12(23)22-17-4-5-18-16(9-21(25)27-19(18)10-17)11-26-20(24)8-15-7-13-2-3-14(15)6-13/h4-5,9-10,13-15H,2-3,6-8,11H2,1H3,(H,22,23)/t13-,14-,15+/m0/s1. The van der Waals surface area contributed by atoms with Gasteiger partial charge in [0, 0.05) is 42.1 Å². The molecular formula is C21H23NO5. The Kier molecular flexibility index (Phi) is 4.72. The van der Waals surface area contributed by atoms with Crippen LogP contribution in [0.1, 0.15) is 44.6 Å². The van der Waals surface area contributed by atoms with Gasteiger partial charge in [-0.15, -0.1) is 0 Å². The van der Waals surface area contributed by atoms with Gasteiger partial charge in [-0.1, -0.05) is 6.42 Å². The molecule has 1 heterocycles. The fourth-order valence-corrected chi connectivity index (χ4v) is 4.69. The first-order valence-electron chi connectivity index (χ1n) is 9.48. The van der Waals surface area contributed by atoms with Gasteiger partial charge in [0.2, 0.25) is 5.91 Å². The molecule has 1 aromatic heterocycles. The number of hydrogen-bond donors (Lipinski definition) is 1. The van der Waals surface area contributed by atoms with Crippen molar-refractivity contribution in [2.45, 2.75) is 45.6 Å². The number of anilines is 1. The van der Waals surface area contributed by atoms with E-state index in [1.807, 2.05) is 0 Å². The maximum Gasteiger partial charge on any atom is 0.336 e. The molecule has 2 bridgehead atoms. The van der Waals surface area contributed by atoms with Crippen molar-refractivity contribution in [2.75, 3.05) is 5.32 Å². The molecule has 6 nitrogen and oxygen atoms in total. The van der Waals surface area contributed by atoms with Gasteiger partial charge in [-0.2, -0.15) is 0 Å². The lowest BCUT2D eigenvalue weighted by molar-refractivity contribution is -0.146. The summed E-state index contributed by atoms with van der Waals surface area (Å²) >= 11 is 0. The van der Waals surface area contributed by atoms with Gasteiger partial charge in [-0.3, -0.25) is 9.59 Å². The molecule has 27 heavy (non-hydrogen) atoms. The van der Waals surface area contributed by atoms with E-state index in [1.54, 1.807) is 18.2 Å². The Morgan fingerprint density at radius 3 is 2.78 bits per heavy atom. The third kappa shape index (κ3) is 3.89. The molecule has 142 valence electrons. The van der Waals surface area contributed by atoms with E-state index in [0.29, 0.717) is 40.5 Å². The van der Waals surface area contributed by atoms with Gasteiger partial charge in [-0.25, -0.2) is 4.79 Å². The highest BCUT2D eigenvalue weighted by Gasteiger charge is 2.40. The highest BCUT2D eigenvalue weighted by Crippen LogP contribution is 2.49. The van der Waals surface area contributed by atoms with Crippen LogP contribution in [0.3, 0.4) is 0 Å². The Morgan fingerprint density at radius 1 is 1.22 bits per heavy atom. The summed E-state index contributed by atoms with van der Waals surface area (Å²) in [6.45, 7) is 1.45. The minimum absolute atomic E-state index is 0.0429. The summed E-state index contributed by atoms with van der Waals surface area (Å²) in [6, 6.07) is 6.43. The van der Waals surface area contributed by atoms with Crippen LogP contribution in [0.25, 0.3) is 11.0 Å². The van der Waals surface area contributed by atoms with Crippen LogP contribution in [-0.4, -0.2) is 11.9 Å². The smallest absolute Gasteiger partial charge is 0.336 e. The van der Waals surface area contributed by atoms with Crippen LogP contribution in [0.2, 0.25) is 0 Å². The van der Waals surface area contributed by atoms with Gasteiger partial charge in [0.05, 0.1) is 0 Å². The molecule has 2 aliphatic rings. The number of carbonyl (C=O) groups excluding carboxylic acids is 2. The minimum Gasteiger partial charge on any atom is -0.461 e. The van der Waals surface area contributed by atoms with E-state index < -0.39 is 5.63 Å². The summed E-state index contributed by atoms with van der Waals surface area (Å²) in [5.41, 5.74) is 0.995. The molecule has 0 unspecified atom stereocenters. The Balaban J connectivity index is 1.45. The van der Waals surface area contributed by atoms with Crippen molar-refractivity contribution in [2.24, 2.45) is 17.8 Å². The Bertz CT molecular complexity index is 947. The van der Waals surface area contributed by atoms with Gasteiger partial charge in [0.15, 0.2) is 0 Å². The second-order valence-electron chi connectivity index (χ2n) is 7.78. The van der Waals surface area contributed by atoms with Crippen LogP contribution in [-0.2, 0) is 20.9 Å². The van der Waals surface area contributed by atoms with E-state index in [1.165, 1.54) is 32.3 Å². The molecule has 0 spiro atoms. The van der Waals surface area contributed by atoms with E-state index in [9.17, 15) is 14.4 Å². The minimum atomic E-state index is -0.512. The first-order chi connectivity index (χ1) is 13.0. The fraction of sp³-hybridized carbons (Fsp3) is 0.476. The van der Waals surface area contributed by atoms with Gasteiger partial charge in [0.1, 0.15) is 12.2 Å². The van der Waals surface area contributed by atoms with Gasteiger partial charge in [-0.05, 0) is 49.1 Å². The van der Waals surface area contributed by atoms with Crippen molar-refractivity contribution in [3.63, 3.8) is 0 Å². The average Bonchev–Trinajstić information content (AvgIpc) is 3.21. The molecule has 2 fully saturated rings. The summed E-state index contributed by atoms with van der Waals surface area (Å²) in [5.74, 6) is 1.52. The first-order valence-corrected chi connectivity index (χ1v) is 9.48. The average molecular weight is 369 g/mol. The number of hydrogen-bond acceptors (Lipinski definition) is 5. The van der Waals surface area contributed by atoms with Crippen molar-refractivity contribution < 1.29 is 18.7 Å². The quantitative estimate of drug-likeness (QED) is 0.643. The SMILES string of the molecule is CC(=O)Nc1ccc2c(COC(=O)C[C@H]3C[C@H]4CC[C@H]3C4)cc(=O)oc2c1. The molecule has 2 saturated carbocycles. The van der Waals surface area contributed by atoms with Crippen LogP contribution >= 0.6 is 0 Å². The lowest BCUT2D eigenvalue weighted by atomic mass is 9.86. The van der Waals surface area contributed by atoms with E-state index >= 15 is 0 Å². The molecule has 2 aliphatic carbocycles. The fourth-order valence-electron chi connectivity index (χ4n) is 4.69. The topological polar surface area (TPSA) is 85.6 Å². The van der Waals surface area contributed by atoms with Crippen LogP contribution in [0.15, 0.2) is 33.5 Å². The van der Waals surface area contributed by atoms with Crippen LogP contribution < -0.4 is 10.9 Å². The van der Waals surface area contributed by atoms with Crippen molar-refractivity contribution >= 4 is 28.5 Å². The molecule has 3 atom stereocenters. The van der Waals surface area contributed by atoms with E-state index in [-0.39, 0.29) is 18.5 Å². The van der Waals surface area contributed by atoms with Crippen LogP contribution in [0.5, 0.6) is 0 Å². The van der Waals surface area contributed by atoms with Crippen molar-refractivity contribution in [3.8, 4) is 0 Å². The molecular weight excluding hydrogens is 346 g/mol. The van der Waals surface area contributed by atoms with E-state index in [2.05, 4.69) is 5.32 Å². The molecule has 0 radical (unpaired) electrons. The molecule has 1 aromatic carbocycles. The molecule has 0 saturated heterocycles. The molecule has 1 amide bonds. The first kappa shape index (κ1) is 17.8. The second kappa shape index (κ2) is 7.18. The monoisotopic (exact) mass is 369 g/mol. The van der Waals surface area contributed by atoms with Crippen molar-refractivity contribution in [3.05, 3.63) is 40.2 Å². The van der Waals surface area contributed by atoms with Gasteiger partial charge < -0.3 is 14.5 Å². The summed E-state index contributed by atoms with van der Waals surface area (Å²) in [4.78, 5) is 35.3. The largest absolute Gasteiger partial charge is 0.461 e. The molecule has 1 N–H and O–H groups in total. The third-order valence-electron chi connectivity index (χ3n) is 5.85. The molecule has 4 rings (SSSR count). The lowest BCUT2D eigenvalue weighted by Gasteiger charge is -2.20. The predicted octanol–water partition coefficient (Wildman–Crippen LogP) is 3.62. The van der Waals surface area contributed by atoms with Crippen LogP contribution in [0.4, 0.5) is 5.69 Å². The Morgan fingerprint density at radius 2 is 2.07 bits per heavy atom. The summed E-state index contributed by atoms with van der Waals surface area (Å²) < 4.78 is 10.7. The highest BCUT2D eigenvalue weighted by molar-refractivity contribution is 5.92. The normalized spacial score (nSPS) is 23.5. The Labute approximate surface area is 156 Å². The van der Waals surface area contributed by atoms with Crippen molar-refractivity contribution in [1.29, 1.82) is 0 Å². The van der Waals surface area contributed by atoms with E-state index in [4.69, 9.17) is 9.15 Å². The van der Waals surface area contributed by atoms with Crippen molar-refractivity contribution in [1.82, 2.24) is 0 Å². The summed E-state index contributed by atoms with van der Waals surface area (Å²) in [5, 5.41) is 3.34. The lowest BCUT2D eigenvalue weighted by Crippen LogP contribution is -2.17. The second-order valence-corrected chi connectivity index (χ2v) is 7.78. The number of carbonyl (C=O) groups is 2. The zero-order valence-electron chi connectivity index (χ0n) is 15.3. The maximum atomic E-state index is 12.3. The highest BCUT2D eigenvalue weighted by atomic mass is 16.5. The van der Waals surface area contributed by atoms with Gasteiger partial charge in [0.25, 0.3) is 0 Å². The number of fused-ring (bicyclic) bond motifs is 3. The number of esters is 1. The van der Waals surface area contributed by atoms with Crippen LogP contribution in [0, 0.1) is 17.8 Å². The van der Waals surface area contributed by atoms with Gasteiger partial charge >= 0.3 is 11.6 Å². The molecule has 6 heteroatoms. The summed E-state index contributed by atoms with van der Waals surface area (Å²) in [7, 11) is 0. The zero-order valence-corrected chi connectivity index (χ0v) is 15.3. The number of ether oxygens (including phenoxy) is 1. The number of nitrogens with one attached hydrogen (secondary N) is 1. The molecule has 0 aliphatic heterocycles. The Hall–Kier alpha value is -2.63. The van der Waals surface area contributed by atoms with E-state index in [0.717, 1.165) is 12.3 Å². The number of benzene rings is 1. The predicted molar refractivity (Wildman–Crippen MR) is 100 cm³/mol. The third-order valence-corrected chi connectivity index (χ3v) is 5.85. The molecule has 2 aromatic rings. The number of rotatable bonds is 5. The number of amides is 1. The maximum absolute atomic E-state index is 12.3. The zero-order chi connectivity index (χ0) is 19.0.